The lowest BCUT2D eigenvalue weighted by Gasteiger charge is -2.35. The molecule has 5 nitrogen and oxygen atoms in total. The number of piperidine rings is 1. The topological polar surface area (TPSA) is 66.6 Å². The Morgan fingerprint density at radius 3 is 2.88 bits per heavy atom. The zero-order chi connectivity index (χ0) is 17.6. The molecule has 1 aliphatic rings. The van der Waals surface area contributed by atoms with Crippen LogP contribution < -0.4 is 0 Å². The van der Waals surface area contributed by atoms with Gasteiger partial charge in [0.2, 0.25) is 5.91 Å². The van der Waals surface area contributed by atoms with Gasteiger partial charge in [-0.05, 0) is 32.6 Å². The molecule has 3 rings (SSSR count). The molecule has 1 atom stereocenters. The van der Waals surface area contributed by atoms with Gasteiger partial charge in [-0.15, -0.1) is 0 Å². The molecule has 0 aliphatic carbocycles. The molecular formula is C20H26N2O3. The Hall–Kier alpha value is -2.14. The zero-order valence-electron chi connectivity index (χ0n) is 14.8. The maximum absolute atomic E-state index is 12.6. The fourth-order valence-electron chi connectivity index (χ4n) is 3.55. The molecule has 134 valence electrons. The highest BCUT2D eigenvalue weighted by Gasteiger charge is 2.26. The fraction of sp³-hybridized carbons (Fsp3) is 0.500. The SMILES string of the molecule is Cc1nc(CCC(=O)N2CCCCC2CCO)oc1-c1ccccc1. The summed E-state index contributed by atoms with van der Waals surface area (Å²) >= 11 is 0. The van der Waals surface area contributed by atoms with Crippen LogP contribution in [0.5, 0.6) is 0 Å². The number of aryl methyl sites for hydroxylation is 2. The lowest BCUT2D eigenvalue weighted by molar-refractivity contribution is -0.135. The molecule has 0 spiro atoms. The van der Waals surface area contributed by atoms with Crippen molar-refractivity contribution in [3.63, 3.8) is 0 Å². The van der Waals surface area contributed by atoms with Crippen LogP contribution in [0.25, 0.3) is 11.3 Å². The predicted molar refractivity (Wildman–Crippen MR) is 96.1 cm³/mol. The van der Waals surface area contributed by atoms with E-state index in [1.807, 2.05) is 42.2 Å². The molecule has 1 fully saturated rings. The van der Waals surface area contributed by atoms with Gasteiger partial charge < -0.3 is 14.4 Å². The van der Waals surface area contributed by atoms with Crippen molar-refractivity contribution in [2.24, 2.45) is 0 Å². The van der Waals surface area contributed by atoms with Gasteiger partial charge in [0.1, 0.15) is 0 Å². The highest BCUT2D eigenvalue weighted by molar-refractivity contribution is 5.76. The van der Waals surface area contributed by atoms with Gasteiger partial charge in [0.25, 0.3) is 0 Å². The third kappa shape index (κ3) is 4.28. The number of carbonyl (C=O) groups excluding carboxylic acids is 1. The summed E-state index contributed by atoms with van der Waals surface area (Å²) in [5, 5.41) is 9.20. The summed E-state index contributed by atoms with van der Waals surface area (Å²) in [6.45, 7) is 2.86. The number of benzene rings is 1. The number of oxazole rings is 1. The Morgan fingerprint density at radius 2 is 2.12 bits per heavy atom. The Balaban J connectivity index is 1.62. The van der Waals surface area contributed by atoms with E-state index < -0.39 is 0 Å². The molecule has 0 saturated carbocycles. The molecule has 1 N–H and O–H groups in total. The van der Waals surface area contributed by atoms with Crippen molar-refractivity contribution in [1.29, 1.82) is 0 Å². The highest BCUT2D eigenvalue weighted by Crippen LogP contribution is 2.25. The summed E-state index contributed by atoms with van der Waals surface area (Å²) in [4.78, 5) is 19.0. The van der Waals surface area contributed by atoms with Gasteiger partial charge in [-0.3, -0.25) is 4.79 Å². The van der Waals surface area contributed by atoms with Crippen molar-refractivity contribution >= 4 is 5.91 Å². The number of amides is 1. The second-order valence-corrected chi connectivity index (χ2v) is 6.64. The van der Waals surface area contributed by atoms with Gasteiger partial charge in [0.15, 0.2) is 11.7 Å². The Morgan fingerprint density at radius 1 is 1.32 bits per heavy atom. The number of carbonyl (C=O) groups is 1. The van der Waals surface area contributed by atoms with Crippen molar-refractivity contribution in [2.45, 2.75) is 51.5 Å². The molecule has 0 bridgehead atoms. The second-order valence-electron chi connectivity index (χ2n) is 6.64. The first kappa shape index (κ1) is 17.7. The number of hydrogen-bond acceptors (Lipinski definition) is 4. The molecule has 5 heteroatoms. The molecule has 0 radical (unpaired) electrons. The van der Waals surface area contributed by atoms with Gasteiger partial charge in [-0.1, -0.05) is 30.3 Å². The zero-order valence-corrected chi connectivity index (χ0v) is 14.8. The van der Waals surface area contributed by atoms with E-state index in [9.17, 15) is 9.90 Å². The van der Waals surface area contributed by atoms with Crippen molar-refractivity contribution < 1.29 is 14.3 Å². The predicted octanol–water partition coefficient (Wildman–Crippen LogP) is 3.35. The van der Waals surface area contributed by atoms with Crippen LogP contribution in [0.4, 0.5) is 0 Å². The van der Waals surface area contributed by atoms with E-state index in [4.69, 9.17) is 4.42 Å². The normalized spacial score (nSPS) is 17.7. The van der Waals surface area contributed by atoms with E-state index in [1.54, 1.807) is 0 Å². The van der Waals surface area contributed by atoms with Crippen molar-refractivity contribution in [2.75, 3.05) is 13.2 Å². The molecule has 25 heavy (non-hydrogen) atoms. The maximum Gasteiger partial charge on any atom is 0.223 e. The average Bonchev–Trinajstić information content (AvgIpc) is 3.02. The lowest BCUT2D eigenvalue weighted by atomic mass is 9.99. The minimum atomic E-state index is 0.133. The fourth-order valence-corrected chi connectivity index (χ4v) is 3.55. The summed E-state index contributed by atoms with van der Waals surface area (Å²) in [6, 6.07) is 10.1. The largest absolute Gasteiger partial charge is 0.440 e. The quantitative estimate of drug-likeness (QED) is 0.874. The third-order valence-electron chi connectivity index (χ3n) is 4.84. The summed E-state index contributed by atoms with van der Waals surface area (Å²) in [6.07, 6.45) is 4.74. The molecule has 1 aliphatic heterocycles. The van der Waals surface area contributed by atoms with E-state index in [2.05, 4.69) is 4.98 Å². The standard InChI is InChI=1S/C20H26N2O3/c1-15-20(16-7-3-2-4-8-16)25-18(21-15)10-11-19(24)22-13-6-5-9-17(22)12-14-23/h2-4,7-8,17,23H,5-6,9-14H2,1H3. The number of nitrogens with zero attached hydrogens (tertiary/aromatic N) is 2. The molecule has 2 aromatic rings. The third-order valence-corrected chi connectivity index (χ3v) is 4.84. The van der Waals surface area contributed by atoms with Gasteiger partial charge in [-0.25, -0.2) is 4.98 Å². The second kappa shape index (κ2) is 8.30. The van der Waals surface area contributed by atoms with Gasteiger partial charge in [0.05, 0.1) is 5.69 Å². The summed E-state index contributed by atoms with van der Waals surface area (Å²) < 4.78 is 5.89. The van der Waals surface area contributed by atoms with E-state index in [0.29, 0.717) is 25.2 Å². The van der Waals surface area contributed by atoms with E-state index in [0.717, 1.165) is 42.8 Å². The van der Waals surface area contributed by atoms with E-state index >= 15 is 0 Å². The lowest BCUT2D eigenvalue weighted by Crippen LogP contribution is -2.44. The Kier molecular flexibility index (Phi) is 5.87. The van der Waals surface area contributed by atoms with Gasteiger partial charge in [-0.2, -0.15) is 0 Å². The first-order chi connectivity index (χ1) is 12.2. The van der Waals surface area contributed by atoms with Crippen LogP contribution in [0.3, 0.4) is 0 Å². The Bertz CT molecular complexity index is 694. The van der Waals surface area contributed by atoms with Crippen LogP contribution in [0.1, 0.15) is 43.7 Å². The highest BCUT2D eigenvalue weighted by atomic mass is 16.4. The molecule has 2 heterocycles. The van der Waals surface area contributed by atoms with Crippen molar-refractivity contribution in [3.05, 3.63) is 41.9 Å². The van der Waals surface area contributed by atoms with Crippen LogP contribution in [-0.2, 0) is 11.2 Å². The molecular weight excluding hydrogens is 316 g/mol. The van der Waals surface area contributed by atoms with Crippen LogP contribution in [0, 0.1) is 6.92 Å². The van der Waals surface area contributed by atoms with Crippen molar-refractivity contribution in [1.82, 2.24) is 9.88 Å². The first-order valence-electron chi connectivity index (χ1n) is 9.11. The molecule has 1 unspecified atom stereocenters. The summed E-state index contributed by atoms with van der Waals surface area (Å²) in [5.74, 6) is 1.52. The van der Waals surface area contributed by atoms with E-state index in [1.165, 1.54) is 0 Å². The molecule has 1 saturated heterocycles. The van der Waals surface area contributed by atoms with Crippen LogP contribution in [-0.4, -0.2) is 40.1 Å². The monoisotopic (exact) mass is 342 g/mol. The first-order valence-corrected chi connectivity index (χ1v) is 9.11. The summed E-state index contributed by atoms with van der Waals surface area (Å²) in [7, 11) is 0. The van der Waals surface area contributed by atoms with Crippen molar-refractivity contribution in [3.8, 4) is 11.3 Å². The number of hydrogen-bond donors (Lipinski definition) is 1. The number of aliphatic hydroxyl groups is 1. The minimum Gasteiger partial charge on any atom is -0.440 e. The summed E-state index contributed by atoms with van der Waals surface area (Å²) in [5.41, 5.74) is 1.86. The van der Waals surface area contributed by atoms with Gasteiger partial charge in [0, 0.05) is 37.6 Å². The number of likely N-dealkylation sites (tertiary alicyclic amines) is 1. The molecule has 1 aromatic heterocycles. The number of aromatic nitrogens is 1. The Labute approximate surface area is 148 Å². The van der Waals surface area contributed by atoms with Crippen LogP contribution in [0.15, 0.2) is 34.7 Å². The minimum absolute atomic E-state index is 0.133. The maximum atomic E-state index is 12.6. The van der Waals surface area contributed by atoms with E-state index in [-0.39, 0.29) is 18.6 Å². The van der Waals surface area contributed by atoms with Crippen LogP contribution in [0.2, 0.25) is 0 Å². The van der Waals surface area contributed by atoms with Gasteiger partial charge >= 0.3 is 0 Å². The molecule has 1 amide bonds. The average molecular weight is 342 g/mol. The molecule has 1 aromatic carbocycles. The number of aliphatic hydroxyl groups excluding tert-OH is 1. The number of rotatable bonds is 6. The van der Waals surface area contributed by atoms with Crippen LogP contribution >= 0.6 is 0 Å². The smallest absolute Gasteiger partial charge is 0.223 e.